The number of fused-ring (bicyclic) bond motifs is 6. The minimum atomic E-state index is -0.787. The topological polar surface area (TPSA) is 158 Å². The molecule has 0 spiro atoms. The second-order valence-corrected chi connectivity index (χ2v) is 11.1. The Morgan fingerprint density at radius 2 is 1.93 bits per heavy atom. The number of phenols is 1. The molecule has 0 aromatic heterocycles. The first-order valence-electron chi connectivity index (χ1n) is 13.4. The van der Waals surface area contributed by atoms with Gasteiger partial charge in [0.15, 0.2) is 23.0 Å². The zero-order valence-corrected chi connectivity index (χ0v) is 23.6. The summed E-state index contributed by atoms with van der Waals surface area (Å²) in [7, 11) is 4.78. The molecule has 1 fully saturated rings. The zero-order valence-electron chi connectivity index (χ0n) is 23.6. The number of nitriles is 1. The summed E-state index contributed by atoms with van der Waals surface area (Å²) < 4.78 is 10.9. The summed E-state index contributed by atoms with van der Waals surface area (Å²) in [5.74, 6) is -0.749. The summed E-state index contributed by atoms with van der Waals surface area (Å²) in [5, 5.41) is 24.8. The number of hydrogen-bond acceptors (Lipinski definition) is 10. The molecule has 3 heterocycles. The molecule has 1 aromatic carbocycles. The third-order valence-corrected chi connectivity index (χ3v) is 8.95. The molecule has 3 aliphatic heterocycles. The summed E-state index contributed by atoms with van der Waals surface area (Å²) in [6, 6.07) is 1.07. The lowest BCUT2D eigenvalue weighted by molar-refractivity contribution is -0.125. The van der Waals surface area contributed by atoms with Gasteiger partial charge in [-0.15, -0.1) is 0 Å². The van der Waals surface area contributed by atoms with Gasteiger partial charge in [-0.3, -0.25) is 24.2 Å². The monoisotopic (exact) mass is 549 g/mol. The minimum absolute atomic E-state index is 0.0256. The van der Waals surface area contributed by atoms with Gasteiger partial charge < -0.3 is 25.6 Å². The molecule has 1 amide bonds. The van der Waals surface area contributed by atoms with Gasteiger partial charge in [-0.1, -0.05) is 6.07 Å². The number of nitrogens with one attached hydrogen (secondary N) is 1. The number of nitrogens with zero attached hydrogens (tertiary/aromatic N) is 3. The highest BCUT2D eigenvalue weighted by molar-refractivity contribution is 6.25. The molecule has 0 saturated carbocycles. The van der Waals surface area contributed by atoms with E-state index in [0.29, 0.717) is 23.3 Å². The number of phenolic OH excluding ortho intramolecular Hbond substituents is 1. The molecule has 4 N–H and O–H groups in total. The van der Waals surface area contributed by atoms with Crippen molar-refractivity contribution in [1.82, 2.24) is 15.1 Å². The standard InChI is InChI=1S/C29H35N5O6/c1-12-7-15-8-17-19(10-30)34-18(23(33(17)4)21(15)25(36)27(12)39-5)9-16-22(20(34)11-32-29(38)14(3)31)26(37)28(40-6)13(2)24(16)35/h7,14,17-20,23,36H,8-9,11,31H2,1-6H3,(H,32,38)/t14?,17-,18?,19-,20-,23?/m0/s1. The van der Waals surface area contributed by atoms with Crippen molar-refractivity contribution < 1.29 is 29.0 Å². The normalized spacial score (nSPS) is 28.8. The van der Waals surface area contributed by atoms with Crippen LogP contribution in [0.3, 0.4) is 0 Å². The number of carbonyl (C=O) groups is 3. The Kier molecular flexibility index (Phi) is 6.98. The number of benzene rings is 1. The maximum Gasteiger partial charge on any atom is 0.236 e. The predicted molar refractivity (Wildman–Crippen MR) is 144 cm³/mol. The predicted octanol–water partition coefficient (Wildman–Crippen LogP) is 0.788. The van der Waals surface area contributed by atoms with E-state index in [9.17, 15) is 24.8 Å². The van der Waals surface area contributed by atoms with Gasteiger partial charge in [-0.25, -0.2) is 0 Å². The summed E-state index contributed by atoms with van der Waals surface area (Å²) in [4.78, 5) is 44.1. The zero-order chi connectivity index (χ0) is 29.2. The van der Waals surface area contributed by atoms with Crippen molar-refractivity contribution in [2.24, 2.45) is 5.73 Å². The number of aromatic hydroxyl groups is 1. The number of ether oxygens (including phenoxy) is 2. The van der Waals surface area contributed by atoms with Crippen LogP contribution in [0.2, 0.25) is 0 Å². The Labute approximate surface area is 233 Å². The van der Waals surface area contributed by atoms with Gasteiger partial charge in [-0.05, 0) is 51.8 Å². The molecule has 4 aliphatic rings. The molecule has 0 radical (unpaired) electrons. The highest BCUT2D eigenvalue weighted by Crippen LogP contribution is 2.53. The number of amides is 1. The van der Waals surface area contributed by atoms with Crippen LogP contribution in [0.4, 0.5) is 0 Å². The summed E-state index contributed by atoms with van der Waals surface area (Å²) in [5.41, 5.74) is 9.01. The molecule has 11 nitrogen and oxygen atoms in total. The Morgan fingerprint density at radius 1 is 1.23 bits per heavy atom. The molecule has 40 heavy (non-hydrogen) atoms. The average Bonchev–Trinajstić information content (AvgIpc) is 2.91. The molecule has 1 saturated heterocycles. The Morgan fingerprint density at radius 3 is 2.52 bits per heavy atom. The van der Waals surface area contributed by atoms with Crippen LogP contribution in [0.1, 0.15) is 43.0 Å². The Hall–Kier alpha value is -3.72. The molecule has 11 heteroatoms. The van der Waals surface area contributed by atoms with Crippen molar-refractivity contribution in [2.75, 3.05) is 27.8 Å². The van der Waals surface area contributed by atoms with Gasteiger partial charge in [0.25, 0.3) is 0 Å². The molecular formula is C29H35N5O6. The number of Topliss-reactive ketones (excluding diaryl/α,β-unsaturated/α-hetero) is 2. The van der Waals surface area contributed by atoms with Crippen LogP contribution in [0.25, 0.3) is 0 Å². The third-order valence-electron chi connectivity index (χ3n) is 8.95. The van der Waals surface area contributed by atoms with Crippen LogP contribution in [-0.2, 0) is 25.5 Å². The molecule has 1 aromatic rings. The second-order valence-electron chi connectivity index (χ2n) is 11.1. The smallest absolute Gasteiger partial charge is 0.236 e. The first-order valence-corrected chi connectivity index (χ1v) is 13.4. The quantitative estimate of drug-likeness (QED) is 0.448. The van der Waals surface area contributed by atoms with Gasteiger partial charge >= 0.3 is 0 Å². The Balaban J connectivity index is 1.72. The van der Waals surface area contributed by atoms with E-state index in [2.05, 4.69) is 16.3 Å². The van der Waals surface area contributed by atoms with Crippen LogP contribution in [0.15, 0.2) is 28.5 Å². The van der Waals surface area contributed by atoms with Crippen molar-refractivity contribution in [3.63, 3.8) is 0 Å². The van der Waals surface area contributed by atoms with Crippen molar-refractivity contribution >= 4 is 17.5 Å². The van der Waals surface area contributed by atoms with Crippen LogP contribution in [0, 0.1) is 18.3 Å². The van der Waals surface area contributed by atoms with Crippen LogP contribution in [-0.4, -0.2) is 90.4 Å². The number of rotatable bonds is 5. The minimum Gasteiger partial charge on any atom is -0.504 e. The third kappa shape index (κ3) is 3.85. The first-order chi connectivity index (χ1) is 19.0. The lowest BCUT2D eigenvalue weighted by Crippen LogP contribution is -2.71. The fourth-order valence-electron chi connectivity index (χ4n) is 7.17. The number of aryl methyl sites for hydroxylation is 1. The van der Waals surface area contributed by atoms with Gasteiger partial charge in [-0.2, -0.15) is 5.26 Å². The van der Waals surface area contributed by atoms with E-state index >= 15 is 0 Å². The van der Waals surface area contributed by atoms with E-state index in [1.165, 1.54) is 14.2 Å². The largest absolute Gasteiger partial charge is 0.504 e. The van der Waals surface area contributed by atoms with Gasteiger partial charge in [0.05, 0.1) is 38.4 Å². The van der Waals surface area contributed by atoms with Crippen molar-refractivity contribution in [3.05, 3.63) is 45.2 Å². The molecule has 1 aliphatic carbocycles. The van der Waals surface area contributed by atoms with E-state index in [4.69, 9.17) is 15.2 Å². The molecule has 6 atom stereocenters. The lowest BCUT2D eigenvalue weighted by Gasteiger charge is -2.60. The summed E-state index contributed by atoms with van der Waals surface area (Å²) in [6.07, 6.45) is 0.670. The van der Waals surface area contributed by atoms with Gasteiger partial charge in [0, 0.05) is 40.9 Å². The number of methoxy groups -OCH3 is 2. The van der Waals surface area contributed by atoms with E-state index in [0.717, 1.165) is 11.1 Å². The van der Waals surface area contributed by atoms with Crippen molar-refractivity contribution in [2.45, 2.75) is 69.9 Å². The van der Waals surface area contributed by atoms with Crippen molar-refractivity contribution in [3.8, 4) is 17.6 Å². The summed E-state index contributed by atoms with van der Waals surface area (Å²) in [6.45, 7) is 4.97. The molecular weight excluding hydrogens is 514 g/mol. The molecule has 212 valence electrons. The highest BCUT2D eigenvalue weighted by Gasteiger charge is 2.57. The van der Waals surface area contributed by atoms with Crippen LogP contribution < -0.4 is 15.8 Å². The lowest BCUT2D eigenvalue weighted by atomic mass is 9.69. The molecule has 3 unspecified atom stereocenters. The number of allylic oxidation sites excluding steroid dienone is 2. The number of carbonyl (C=O) groups excluding carboxylic acids is 3. The first kappa shape index (κ1) is 27.8. The Bertz CT molecular complexity index is 1420. The van der Waals surface area contributed by atoms with E-state index in [1.54, 1.807) is 13.8 Å². The van der Waals surface area contributed by atoms with E-state index < -0.39 is 41.9 Å². The molecule has 5 rings (SSSR count). The molecule has 2 bridgehead atoms. The van der Waals surface area contributed by atoms with E-state index in [-0.39, 0.29) is 47.4 Å². The average molecular weight is 550 g/mol. The summed E-state index contributed by atoms with van der Waals surface area (Å²) >= 11 is 0. The van der Waals surface area contributed by atoms with Crippen molar-refractivity contribution in [1.29, 1.82) is 5.26 Å². The SMILES string of the molecule is COC1=C(C)C(=O)C2=C(C1=O)[C@H](CNC(=O)C(C)N)N1C(C2)C2c3c(cc(C)c(OC)c3O)C[C@@H]([C@@H]1C#N)N2C. The van der Waals surface area contributed by atoms with Crippen LogP contribution >= 0.6 is 0 Å². The second kappa shape index (κ2) is 10.0. The maximum atomic E-state index is 13.8. The number of nitrogens with two attached hydrogens (primary N) is 1. The number of ketones is 2. The number of hydrogen-bond donors (Lipinski definition) is 3. The van der Waals surface area contributed by atoms with Crippen LogP contribution in [0.5, 0.6) is 11.5 Å². The van der Waals surface area contributed by atoms with E-state index in [1.807, 2.05) is 24.9 Å². The number of piperazine rings is 1. The maximum absolute atomic E-state index is 13.8. The van der Waals surface area contributed by atoms with Gasteiger partial charge in [0.1, 0.15) is 6.04 Å². The fourth-order valence-corrected chi connectivity index (χ4v) is 7.17. The fraction of sp³-hybridized carbons (Fsp3) is 0.517. The number of likely N-dealkylation sites (N-methyl/N-ethyl adjacent to an activating group) is 1. The highest BCUT2D eigenvalue weighted by atomic mass is 16.5. The van der Waals surface area contributed by atoms with Gasteiger partial charge in [0.2, 0.25) is 11.7 Å².